The molecule has 13 heteroatoms. The lowest BCUT2D eigenvalue weighted by Gasteiger charge is -2.38. The van der Waals surface area contributed by atoms with Gasteiger partial charge >= 0.3 is 0 Å². The van der Waals surface area contributed by atoms with E-state index in [0.29, 0.717) is 25.9 Å². The summed E-state index contributed by atoms with van der Waals surface area (Å²) in [6.45, 7) is 12.2. The summed E-state index contributed by atoms with van der Waals surface area (Å²) >= 11 is 0. The van der Waals surface area contributed by atoms with Gasteiger partial charge in [0.15, 0.2) is 0 Å². The van der Waals surface area contributed by atoms with E-state index in [1.165, 1.54) is 18.6 Å². The third-order valence-corrected chi connectivity index (χ3v) is 11.1. The Hall–Kier alpha value is -3.90. The zero-order valence-electron chi connectivity index (χ0n) is 31.3. The van der Waals surface area contributed by atoms with E-state index in [4.69, 9.17) is 0 Å². The van der Waals surface area contributed by atoms with Gasteiger partial charge in [-0.3, -0.25) is 33.8 Å². The third kappa shape index (κ3) is 10.1. The highest BCUT2D eigenvalue weighted by Gasteiger charge is 2.52. The van der Waals surface area contributed by atoms with Crippen LogP contribution in [0.1, 0.15) is 123 Å². The predicted octanol–water partition coefficient (Wildman–Crippen LogP) is 3.33. The highest BCUT2D eigenvalue weighted by Crippen LogP contribution is 2.43. The molecule has 0 radical (unpaired) electrons. The summed E-state index contributed by atoms with van der Waals surface area (Å²) in [5.74, 6) is -3.09. The summed E-state index contributed by atoms with van der Waals surface area (Å²) in [7, 11) is 0. The normalized spacial score (nSPS) is 22.9. The van der Waals surface area contributed by atoms with Crippen LogP contribution in [0.5, 0.6) is 0 Å². The van der Waals surface area contributed by atoms with Crippen LogP contribution in [-0.4, -0.2) is 87.4 Å². The Morgan fingerprint density at radius 1 is 0.922 bits per heavy atom. The fourth-order valence-corrected chi connectivity index (χ4v) is 7.88. The average molecular weight is 710 g/mol. The van der Waals surface area contributed by atoms with E-state index in [1.807, 2.05) is 41.5 Å². The SMILES string of the molecule is CCCC(NC(=O)[C@@H]1C2CCCC2CN1C(=O)[C@@H](NC(=O)[C@@H](NC(=O)c1cnccn1)C1CCCCC1)C(C)(C)C)C(=O)C(=O)NC[C@@H](C)CC. The molecule has 13 nitrogen and oxygen atoms in total. The van der Waals surface area contributed by atoms with Crippen LogP contribution < -0.4 is 21.3 Å². The van der Waals surface area contributed by atoms with Gasteiger partial charge in [-0.2, -0.15) is 0 Å². The van der Waals surface area contributed by atoms with Crippen LogP contribution in [-0.2, 0) is 24.0 Å². The monoisotopic (exact) mass is 709 g/mol. The topological polar surface area (TPSA) is 180 Å². The Morgan fingerprint density at radius 3 is 2.27 bits per heavy atom. The number of hydrogen-bond acceptors (Lipinski definition) is 8. The van der Waals surface area contributed by atoms with Crippen molar-refractivity contribution in [2.75, 3.05) is 13.1 Å². The number of ketones is 1. The van der Waals surface area contributed by atoms with Crippen molar-refractivity contribution < 1.29 is 28.8 Å². The number of carbonyl (C=O) groups is 6. The van der Waals surface area contributed by atoms with Crippen LogP contribution in [0, 0.1) is 29.1 Å². The molecule has 3 fully saturated rings. The second kappa shape index (κ2) is 18.0. The molecule has 3 unspecified atom stereocenters. The number of fused-ring (bicyclic) bond motifs is 1. The fraction of sp³-hybridized carbons (Fsp3) is 0.737. The Kier molecular flexibility index (Phi) is 14.1. The number of carbonyl (C=O) groups excluding carboxylic acids is 6. The van der Waals surface area contributed by atoms with Crippen LogP contribution in [0.4, 0.5) is 0 Å². The van der Waals surface area contributed by atoms with E-state index in [1.54, 1.807) is 4.90 Å². The molecule has 1 aromatic heterocycles. The second-order valence-corrected chi connectivity index (χ2v) is 16.0. The van der Waals surface area contributed by atoms with E-state index in [2.05, 4.69) is 31.2 Å². The number of hydrogen-bond donors (Lipinski definition) is 4. The minimum Gasteiger partial charge on any atom is -0.349 e. The molecule has 0 spiro atoms. The lowest BCUT2D eigenvalue weighted by atomic mass is 9.82. The first kappa shape index (κ1) is 39.9. The van der Waals surface area contributed by atoms with Crippen molar-refractivity contribution in [1.29, 1.82) is 0 Å². The van der Waals surface area contributed by atoms with Crippen molar-refractivity contribution in [1.82, 2.24) is 36.1 Å². The lowest BCUT2D eigenvalue weighted by molar-refractivity contribution is -0.146. The lowest BCUT2D eigenvalue weighted by Crippen LogP contribution is -2.62. The smallest absolute Gasteiger partial charge is 0.289 e. The van der Waals surface area contributed by atoms with Gasteiger partial charge < -0.3 is 26.2 Å². The van der Waals surface area contributed by atoms with Crippen molar-refractivity contribution in [3.8, 4) is 0 Å². The summed E-state index contributed by atoms with van der Waals surface area (Å²) in [5.41, 5.74) is -0.647. The average Bonchev–Trinajstić information content (AvgIpc) is 3.73. The van der Waals surface area contributed by atoms with Gasteiger partial charge in [-0.15, -0.1) is 0 Å². The first-order chi connectivity index (χ1) is 24.3. The molecule has 1 aliphatic heterocycles. The van der Waals surface area contributed by atoms with Crippen molar-refractivity contribution in [3.63, 3.8) is 0 Å². The number of nitrogens with one attached hydrogen (secondary N) is 4. The molecule has 2 saturated carbocycles. The molecular weight excluding hydrogens is 650 g/mol. The maximum absolute atomic E-state index is 14.6. The highest BCUT2D eigenvalue weighted by atomic mass is 16.2. The Bertz CT molecular complexity index is 1390. The number of nitrogens with zero attached hydrogens (tertiary/aromatic N) is 3. The number of amides is 5. The molecule has 51 heavy (non-hydrogen) atoms. The minimum atomic E-state index is -1.01. The number of rotatable bonds is 15. The number of Topliss-reactive ketones (excluding diaryl/α,β-unsaturated/α-hetero) is 1. The molecule has 7 atom stereocenters. The van der Waals surface area contributed by atoms with Crippen LogP contribution in [0.25, 0.3) is 0 Å². The van der Waals surface area contributed by atoms with Gasteiger partial charge in [0, 0.05) is 25.5 Å². The van der Waals surface area contributed by atoms with E-state index in [9.17, 15) is 28.8 Å². The largest absolute Gasteiger partial charge is 0.349 e. The maximum Gasteiger partial charge on any atom is 0.289 e. The Morgan fingerprint density at radius 2 is 1.65 bits per heavy atom. The van der Waals surface area contributed by atoms with Crippen LogP contribution in [0.3, 0.4) is 0 Å². The second-order valence-electron chi connectivity index (χ2n) is 16.0. The molecule has 1 saturated heterocycles. The summed E-state index contributed by atoms with van der Waals surface area (Å²) in [6, 6.07) is -3.74. The van der Waals surface area contributed by atoms with Crippen LogP contribution in [0.2, 0.25) is 0 Å². The first-order valence-electron chi connectivity index (χ1n) is 19.1. The Labute approximate surface area is 302 Å². The molecule has 2 heterocycles. The van der Waals surface area contributed by atoms with Gasteiger partial charge in [-0.1, -0.05) is 80.1 Å². The van der Waals surface area contributed by atoms with E-state index >= 15 is 0 Å². The highest BCUT2D eigenvalue weighted by molar-refractivity contribution is 6.38. The molecule has 0 aromatic carbocycles. The summed E-state index contributed by atoms with van der Waals surface area (Å²) in [6.07, 6.45) is 13.0. The van der Waals surface area contributed by atoms with Gasteiger partial charge in [-0.05, 0) is 61.2 Å². The molecule has 282 valence electrons. The van der Waals surface area contributed by atoms with Gasteiger partial charge in [-0.25, -0.2) is 4.98 Å². The zero-order chi connectivity index (χ0) is 37.3. The summed E-state index contributed by atoms with van der Waals surface area (Å²) < 4.78 is 0. The van der Waals surface area contributed by atoms with E-state index in [-0.39, 0.29) is 35.3 Å². The van der Waals surface area contributed by atoms with Gasteiger partial charge in [0.2, 0.25) is 23.5 Å². The molecule has 4 N–H and O–H groups in total. The summed E-state index contributed by atoms with van der Waals surface area (Å²) in [5, 5.41) is 11.5. The minimum absolute atomic E-state index is 0.0943. The third-order valence-electron chi connectivity index (χ3n) is 11.1. The molecule has 0 bridgehead atoms. The number of likely N-dealkylation sites (tertiary alicyclic amines) is 1. The molecule has 5 amide bonds. The quantitative estimate of drug-likeness (QED) is 0.200. The van der Waals surface area contributed by atoms with Crippen molar-refractivity contribution >= 4 is 35.3 Å². The summed E-state index contributed by atoms with van der Waals surface area (Å²) in [4.78, 5) is 91.9. The standard InChI is InChI=1S/C38H59N7O6/c1-7-13-27(31(46)36(50)41-20-23(3)8-2)42-35(49)30-26-17-12-16-25(26)22-45(30)37(51)32(38(4,5)6)44-34(48)29(24-14-10-9-11-15-24)43-33(47)28-21-39-18-19-40-28/h18-19,21,23-27,29-30,32H,7-17,20,22H2,1-6H3,(H,41,50)(H,42,49)(H,43,47)(H,44,48)/t23-,25?,26?,27?,29-,30-,32+/m0/s1. The Balaban J connectivity index is 1.56. The van der Waals surface area contributed by atoms with Gasteiger partial charge in [0.25, 0.3) is 11.8 Å². The van der Waals surface area contributed by atoms with E-state index in [0.717, 1.165) is 57.8 Å². The number of aromatic nitrogens is 2. The fourth-order valence-electron chi connectivity index (χ4n) is 7.88. The zero-order valence-corrected chi connectivity index (χ0v) is 31.3. The van der Waals surface area contributed by atoms with Crippen LogP contribution in [0.15, 0.2) is 18.6 Å². The molecule has 4 rings (SSSR count). The molecular formula is C38H59N7O6. The molecule has 2 aliphatic carbocycles. The van der Waals surface area contributed by atoms with Crippen LogP contribution >= 0.6 is 0 Å². The van der Waals surface area contributed by atoms with E-state index < -0.39 is 59.0 Å². The first-order valence-corrected chi connectivity index (χ1v) is 19.1. The van der Waals surface area contributed by atoms with Crippen molar-refractivity contribution in [2.24, 2.45) is 29.1 Å². The maximum atomic E-state index is 14.6. The van der Waals surface area contributed by atoms with Gasteiger partial charge in [0.1, 0.15) is 23.8 Å². The van der Waals surface area contributed by atoms with Gasteiger partial charge in [0.05, 0.1) is 12.2 Å². The predicted molar refractivity (Wildman–Crippen MR) is 192 cm³/mol. The molecule has 3 aliphatic rings. The van der Waals surface area contributed by atoms with Crippen molar-refractivity contribution in [2.45, 2.75) is 136 Å². The van der Waals surface area contributed by atoms with Crippen molar-refractivity contribution in [3.05, 3.63) is 24.3 Å². The molecule has 1 aromatic rings.